The van der Waals surface area contributed by atoms with Gasteiger partial charge in [-0.05, 0) is 48.9 Å². The first-order valence-corrected chi connectivity index (χ1v) is 9.72. The molecule has 3 rings (SSSR count). The number of nitrogen functional groups attached to an aromatic ring is 1. The summed E-state index contributed by atoms with van der Waals surface area (Å²) in [6.45, 7) is 1.40. The molecule has 1 aromatic carbocycles. The van der Waals surface area contributed by atoms with Crippen LogP contribution in [0.4, 0.5) is 5.13 Å². The van der Waals surface area contributed by atoms with Gasteiger partial charge in [0.15, 0.2) is 5.13 Å². The predicted octanol–water partition coefficient (Wildman–Crippen LogP) is 2.46. The molecule has 2 aromatic rings. The molecule has 0 saturated carbocycles. The number of benzene rings is 1. The van der Waals surface area contributed by atoms with Gasteiger partial charge in [-0.15, -0.1) is 11.3 Å². The van der Waals surface area contributed by atoms with Crippen LogP contribution >= 0.6 is 11.3 Å². The standard InChI is InChI=1S/C19H23N3O4S/c1-26-16-4-2-13(18(24)25)9-14(16)8-12-6-7-22(10-12)17(23)5-3-15-11-27-19(20)21-15/h2,4,9,11-12H,3,5-8,10H2,1H3,(H2,20,21)(H,24,25). The molecule has 1 aromatic heterocycles. The molecule has 3 N–H and O–H groups in total. The first kappa shape index (κ1) is 19.2. The van der Waals surface area contributed by atoms with Crippen molar-refractivity contribution >= 4 is 28.3 Å². The van der Waals surface area contributed by atoms with E-state index in [4.69, 9.17) is 10.5 Å². The number of anilines is 1. The average molecular weight is 389 g/mol. The highest BCUT2D eigenvalue weighted by Crippen LogP contribution is 2.28. The van der Waals surface area contributed by atoms with Crippen LogP contribution < -0.4 is 10.5 Å². The smallest absolute Gasteiger partial charge is 0.335 e. The van der Waals surface area contributed by atoms with Gasteiger partial charge in [-0.25, -0.2) is 9.78 Å². The lowest BCUT2D eigenvalue weighted by molar-refractivity contribution is -0.130. The van der Waals surface area contributed by atoms with Gasteiger partial charge in [-0.2, -0.15) is 0 Å². The number of carbonyl (C=O) groups excluding carboxylic acids is 1. The Balaban J connectivity index is 1.57. The molecule has 0 bridgehead atoms. The summed E-state index contributed by atoms with van der Waals surface area (Å²) in [6, 6.07) is 4.90. The summed E-state index contributed by atoms with van der Waals surface area (Å²) in [4.78, 5) is 29.7. The van der Waals surface area contributed by atoms with Crippen molar-refractivity contribution in [2.45, 2.75) is 25.7 Å². The Morgan fingerprint density at radius 2 is 2.26 bits per heavy atom. The number of ether oxygens (including phenoxy) is 1. The SMILES string of the molecule is COc1ccc(C(=O)O)cc1CC1CCN(C(=O)CCc2csc(N)n2)C1. The quantitative estimate of drug-likeness (QED) is 0.753. The molecule has 1 aliphatic heterocycles. The summed E-state index contributed by atoms with van der Waals surface area (Å²) in [5.74, 6) is 0.146. The molecule has 0 aliphatic carbocycles. The van der Waals surface area contributed by atoms with Crippen molar-refractivity contribution in [3.05, 3.63) is 40.4 Å². The lowest BCUT2D eigenvalue weighted by atomic mass is 9.96. The van der Waals surface area contributed by atoms with Crippen LogP contribution in [0.2, 0.25) is 0 Å². The molecular formula is C19H23N3O4S. The number of carbonyl (C=O) groups is 2. The van der Waals surface area contributed by atoms with Crippen LogP contribution in [-0.4, -0.2) is 47.1 Å². The molecule has 27 heavy (non-hydrogen) atoms. The number of carboxylic acids is 1. The molecule has 1 saturated heterocycles. The fourth-order valence-electron chi connectivity index (χ4n) is 3.44. The number of likely N-dealkylation sites (tertiary alicyclic amines) is 1. The second-order valence-electron chi connectivity index (χ2n) is 6.71. The van der Waals surface area contributed by atoms with Crippen molar-refractivity contribution in [2.24, 2.45) is 5.92 Å². The topological polar surface area (TPSA) is 106 Å². The molecule has 144 valence electrons. The van der Waals surface area contributed by atoms with Crippen LogP contribution in [0.3, 0.4) is 0 Å². The van der Waals surface area contributed by atoms with E-state index in [1.165, 1.54) is 11.3 Å². The number of nitrogens with two attached hydrogens (primary N) is 1. The number of rotatable bonds is 7. The van der Waals surface area contributed by atoms with Crippen LogP contribution in [0.25, 0.3) is 0 Å². The van der Waals surface area contributed by atoms with E-state index in [1.807, 2.05) is 10.3 Å². The molecule has 0 radical (unpaired) electrons. The number of nitrogens with zero attached hydrogens (tertiary/aromatic N) is 2. The van der Waals surface area contributed by atoms with E-state index in [2.05, 4.69) is 4.98 Å². The van der Waals surface area contributed by atoms with E-state index in [-0.39, 0.29) is 11.5 Å². The Morgan fingerprint density at radius 1 is 1.44 bits per heavy atom. The van der Waals surface area contributed by atoms with Crippen LogP contribution in [-0.2, 0) is 17.6 Å². The summed E-state index contributed by atoms with van der Waals surface area (Å²) in [7, 11) is 1.58. The molecule has 1 aliphatic rings. The minimum absolute atomic E-state index is 0.121. The second kappa shape index (κ2) is 8.39. The van der Waals surface area contributed by atoms with E-state index < -0.39 is 5.97 Å². The number of aryl methyl sites for hydroxylation is 1. The number of carboxylic acid groups (broad SMARTS) is 1. The van der Waals surface area contributed by atoms with Gasteiger partial charge in [0, 0.05) is 24.9 Å². The first-order valence-electron chi connectivity index (χ1n) is 8.84. The van der Waals surface area contributed by atoms with E-state index in [9.17, 15) is 14.7 Å². The van der Waals surface area contributed by atoms with Gasteiger partial charge in [0.1, 0.15) is 5.75 Å². The normalized spacial score (nSPS) is 16.5. The number of aromatic nitrogens is 1. The van der Waals surface area contributed by atoms with Crippen molar-refractivity contribution in [1.82, 2.24) is 9.88 Å². The summed E-state index contributed by atoms with van der Waals surface area (Å²) < 4.78 is 5.36. The number of amides is 1. The lowest BCUT2D eigenvalue weighted by Crippen LogP contribution is -2.29. The number of thiazole rings is 1. The zero-order valence-corrected chi connectivity index (χ0v) is 16.0. The van der Waals surface area contributed by atoms with Gasteiger partial charge in [0.2, 0.25) is 5.91 Å². The average Bonchev–Trinajstić information content (AvgIpc) is 3.28. The monoisotopic (exact) mass is 389 g/mol. The van der Waals surface area contributed by atoms with Crippen molar-refractivity contribution < 1.29 is 19.4 Å². The van der Waals surface area contributed by atoms with Crippen molar-refractivity contribution in [1.29, 1.82) is 0 Å². The van der Waals surface area contributed by atoms with Crippen LogP contribution in [0.15, 0.2) is 23.6 Å². The van der Waals surface area contributed by atoms with Gasteiger partial charge in [-0.1, -0.05) is 0 Å². The number of aromatic carboxylic acids is 1. The third-order valence-corrected chi connectivity index (χ3v) is 5.56. The molecular weight excluding hydrogens is 366 g/mol. The minimum atomic E-state index is -0.954. The third kappa shape index (κ3) is 4.77. The molecule has 7 nitrogen and oxygen atoms in total. The fourth-order valence-corrected chi connectivity index (χ4v) is 4.04. The Labute approximate surface area is 161 Å². The third-order valence-electron chi connectivity index (χ3n) is 4.84. The van der Waals surface area contributed by atoms with Crippen molar-refractivity contribution in [3.63, 3.8) is 0 Å². The van der Waals surface area contributed by atoms with Gasteiger partial charge >= 0.3 is 5.97 Å². The zero-order chi connectivity index (χ0) is 19.4. The van der Waals surface area contributed by atoms with Crippen LogP contribution in [0.1, 0.15) is 34.5 Å². The summed E-state index contributed by atoms with van der Waals surface area (Å²) in [6.07, 6.45) is 2.61. The van der Waals surface area contributed by atoms with Crippen LogP contribution in [0, 0.1) is 5.92 Å². The second-order valence-corrected chi connectivity index (χ2v) is 7.60. The minimum Gasteiger partial charge on any atom is -0.496 e. The zero-order valence-electron chi connectivity index (χ0n) is 15.2. The van der Waals surface area contributed by atoms with Gasteiger partial charge in [0.25, 0.3) is 0 Å². The van der Waals surface area contributed by atoms with E-state index in [0.29, 0.717) is 42.6 Å². The molecule has 0 spiro atoms. The maximum absolute atomic E-state index is 12.5. The summed E-state index contributed by atoms with van der Waals surface area (Å²) in [5.41, 5.74) is 7.59. The molecule has 1 unspecified atom stereocenters. The van der Waals surface area contributed by atoms with Crippen LogP contribution in [0.5, 0.6) is 5.75 Å². The maximum atomic E-state index is 12.5. The van der Waals surface area contributed by atoms with Gasteiger partial charge < -0.3 is 20.5 Å². The number of methoxy groups -OCH3 is 1. The van der Waals surface area contributed by atoms with Crippen molar-refractivity contribution in [2.75, 3.05) is 25.9 Å². The highest BCUT2D eigenvalue weighted by Gasteiger charge is 2.27. The van der Waals surface area contributed by atoms with Gasteiger partial charge in [-0.3, -0.25) is 4.79 Å². The predicted molar refractivity (Wildman–Crippen MR) is 103 cm³/mol. The Morgan fingerprint density at radius 3 is 2.93 bits per heavy atom. The van der Waals surface area contributed by atoms with Crippen molar-refractivity contribution in [3.8, 4) is 5.75 Å². The molecule has 8 heteroatoms. The highest BCUT2D eigenvalue weighted by molar-refractivity contribution is 7.13. The van der Waals surface area contributed by atoms with Gasteiger partial charge in [0.05, 0.1) is 18.4 Å². The first-order chi connectivity index (χ1) is 13.0. The highest BCUT2D eigenvalue weighted by atomic mass is 32.1. The molecule has 1 fully saturated rings. The van der Waals surface area contributed by atoms with E-state index in [0.717, 1.165) is 24.2 Å². The molecule has 1 amide bonds. The van der Waals surface area contributed by atoms with E-state index in [1.54, 1.807) is 25.3 Å². The fraction of sp³-hybridized carbons (Fsp3) is 0.421. The lowest BCUT2D eigenvalue weighted by Gasteiger charge is -2.17. The maximum Gasteiger partial charge on any atom is 0.335 e. The molecule has 2 heterocycles. The Hall–Kier alpha value is -2.61. The largest absolute Gasteiger partial charge is 0.496 e. The molecule has 1 atom stereocenters. The van der Waals surface area contributed by atoms with E-state index >= 15 is 0 Å². The summed E-state index contributed by atoms with van der Waals surface area (Å²) >= 11 is 1.38. The Kier molecular flexibility index (Phi) is 5.95. The number of hydrogen-bond acceptors (Lipinski definition) is 6. The Bertz CT molecular complexity index is 836. The number of hydrogen-bond donors (Lipinski definition) is 2. The summed E-state index contributed by atoms with van der Waals surface area (Å²) in [5, 5.41) is 11.6.